The van der Waals surface area contributed by atoms with E-state index in [1.807, 2.05) is 12.2 Å². The first-order valence-corrected chi connectivity index (χ1v) is 6.89. The van der Waals surface area contributed by atoms with Gasteiger partial charge in [-0.05, 0) is 37.8 Å². The Bertz CT molecular complexity index is 628. The minimum absolute atomic E-state index is 0.0173. The molecule has 2 heterocycles. The number of aryl methyl sites for hydroxylation is 1. The molecule has 0 spiro atoms. The molecule has 2 aromatic rings. The zero-order valence-corrected chi connectivity index (χ0v) is 10.7. The van der Waals surface area contributed by atoms with Crippen molar-refractivity contribution in [3.63, 3.8) is 0 Å². The molecule has 4 nitrogen and oxygen atoms in total. The normalized spacial score (nSPS) is 14.9. The molecule has 1 aliphatic carbocycles. The number of hydrogen-bond donors (Lipinski definition) is 1. The van der Waals surface area contributed by atoms with Crippen molar-refractivity contribution in [3.8, 4) is 0 Å². The largest absolute Gasteiger partial charge is 0.307 e. The van der Waals surface area contributed by atoms with E-state index in [2.05, 4.69) is 15.0 Å². The number of hydrogen-bond acceptors (Lipinski definition) is 4. The predicted octanol–water partition coefficient (Wildman–Crippen LogP) is 2.28. The average molecular weight is 259 g/mol. The van der Waals surface area contributed by atoms with E-state index in [1.165, 1.54) is 0 Å². The predicted molar refractivity (Wildman–Crippen MR) is 72.5 cm³/mol. The highest BCUT2D eigenvalue weighted by Crippen LogP contribution is 2.16. The molecule has 0 saturated heterocycles. The standard InChI is InChI=1S/C13H13N3OS/c17-13-10-3-1-2-4-11(10)15-12(16-13)6-5-9-7-14-8-18-9/h5-8H,1-4H2,(H,15,16,17)/b6-5+. The molecule has 92 valence electrons. The van der Waals surface area contributed by atoms with Crippen molar-refractivity contribution in [1.82, 2.24) is 15.0 Å². The maximum atomic E-state index is 11.9. The number of aromatic nitrogens is 3. The summed E-state index contributed by atoms with van der Waals surface area (Å²) in [5.74, 6) is 0.633. The highest BCUT2D eigenvalue weighted by molar-refractivity contribution is 7.10. The number of nitrogens with zero attached hydrogens (tertiary/aromatic N) is 2. The van der Waals surface area contributed by atoms with Crippen LogP contribution in [0.5, 0.6) is 0 Å². The van der Waals surface area contributed by atoms with Crippen LogP contribution in [0.1, 0.15) is 34.8 Å². The van der Waals surface area contributed by atoms with Gasteiger partial charge in [-0.15, -0.1) is 11.3 Å². The fourth-order valence-corrected chi connectivity index (χ4v) is 2.68. The Hall–Kier alpha value is -1.75. The first-order chi connectivity index (χ1) is 8.83. The van der Waals surface area contributed by atoms with Gasteiger partial charge in [0.1, 0.15) is 5.82 Å². The van der Waals surface area contributed by atoms with Crippen LogP contribution in [0.4, 0.5) is 0 Å². The lowest BCUT2D eigenvalue weighted by atomic mass is 9.97. The summed E-state index contributed by atoms with van der Waals surface area (Å²) in [6.07, 6.45) is 9.54. The number of thiazole rings is 1. The van der Waals surface area contributed by atoms with E-state index < -0.39 is 0 Å². The molecular formula is C13H13N3OS. The molecule has 0 unspecified atom stereocenters. The Morgan fingerprint density at radius 2 is 2.17 bits per heavy atom. The van der Waals surface area contributed by atoms with Gasteiger partial charge in [-0.2, -0.15) is 0 Å². The quantitative estimate of drug-likeness (QED) is 0.900. The smallest absolute Gasteiger partial charge is 0.254 e. The molecule has 0 aromatic carbocycles. The van der Waals surface area contributed by atoms with Crippen molar-refractivity contribution in [2.75, 3.05) is 0 Å². The molecule has 18 heavy (non-hydrogen) atoms. The Labute approximate surface area is 108 Å². The highest BCUT2D eigenvalue weighted by Gasteiger charge is 2.14. The first-order valence-electron chi connectivity index (χ1n) is 6.01. The highest BCUT2D eigenvalue weighted by atomic mass is 32.1. The van der Waals surface area contributed by atoms with Gasteiger partial charge in [0, 0.05) is 16.6 Å². The molecule has 5 heteroatoms. The summed E-state index contributed by atoms with van der Waals surface area (Å²) in [4.78, 5) is 24.3. The van der Waals surface area contributed by atoms with Crippen LogP contribution < -0.4 is 5.56 Å². The van der Waals surface area contributed by atoms with E-state index in [0.717, 1.165) is 41.8 Å². The van der Waals surface area contributed by atoms with Crippen molar-refractivity contribution >= 4 is 23.5 Å². The second kappa shape index (κ2) is 4.86. The lowest BCUT2D eigenvalue weighted by molar-refractivity contribution is 0.655. The summed E-state index contributed by atoms with van der Waals surface area (Å²) < 4.78 is 0. The second-order valence-corrected chi connectivity index (χ2v) is 5.24. The summed E-state index contributed by atoms with van der Waals surface area (Å²) in [6.45, 7) is 0. The molecular weight excluding hydrogens is 246 g/mol. The molecule has 0 saturated carbocycles. The van der Waals surface area contributed by atoms with Crippen molar-refractivity contribution in [2.45, 2.75) is 25.7 Å². The third kappa shape index (κ3) is 2.26. The third-order valence-electron chi connectivity index (χ3n) is 3.07. The van der Waals surface area contributed by atoms with E-state index >= 15 is 0 Å². The molecule has 0 amide bonds. The minimum atomic E-state index is 0.0173. The van der Waals surface area contributed by atoms with E-state index in [0.29, 0.717) is 5.82 Å². The lowest BCUT2D eigenvalue weighted by Gasteiger charge is -2.13. The summed E-state index contributed by atoms with van der Waals surface area (Å²) in [5.41, 5.74) is 3.64. The van der Waals surface area contributed by atoms with Crippen molar-refractivity contribution in [2.24, 2.45) is 0 Å². The summed E-state index contributed by atoms with van der Waals surface area (Å²) in [7, 11) is 0. The van der Waals surface area contributed by atoms with Crippen molar-refractivity contribution in [1.29, 1.82) is 0 Å². The number of nitrogens with one attached hydrogen (secondary N) is 1. The van der Waals surface area contributed by atoms with Crippen molar-refractivity contribution in [3.05, 3.63) is 44.0 Å². The maximum Gasteiger partial charge on any atom is 0.254 e. The van der Waals surface area contributed by atoms with Crippen LogP contribution in [0.25, 0.3) is 12.2 Å². The van der Waals surface area contributed by atoms with Gasteiger partial charge >= 0.3 is 0 Å². The molecule has 0 bridgehead atoms. The number of rotatable bonds is 2. The van der Waals surface area contributed by atoms with Crippen LogP contribution in [-0.4, -0.2) is 15.0 Å². The third-order valence-corrected chi connectivity index (χ3v) is 3.81. The minimum Gasteiger partial charge on any atom is -0.307 e. The molecule has 1 N–H and O–H groups in total. The first kappa shape index (κ1) is 11.3. The Kier molecular flexibility index (Phi) is 3.06. The SMILES string of the molecule is O=c1[nH]c(/C=C/c2cncs2)nc2c1CCCC2. The van der Waals surface area contributed by atoms with Crippen LogP contribution in [0.2, 0.25) is 0 Å². The van der Waals surface area contributed by atoms with Crippen LogP contribution in [-0.2, 0) is 12.8 Å². The van der Waals surface area contributed by atoms with E-state index in [-0.39, 0.29) is 5.56 Å². The summed E-state index contributed by atoms with van der Waals surface area (Å²) >= 11 is 1.56. The van der Waals surface area contributed by atoms with Gasteiger partial charge in [0.05, 0.1) is 11.2 Å². The van der Waals surface area contributed by atoms with Crippen LogP contribution in [0, 0.1) is 0 Å². The van der Waals surface area contributed by atoms with E-state index in [4.69, 9.17) is 0 Å². The average Bonchev–Trinajstić information content (AvgIpc) is 2.90. The molecule has 3 rings (SSSR count). The zero-order chi connectivity index (χ0) is 12.4. The summed E-state index contributed by atoms with van der Waals surface area (Å²) in [5, 5.41) is 0. The molecule has 0 atom stereocenters. The van der Waals surface area contributed by atoms with Gasteiger partial charge in [-0.25, -0.2) is 4.98 Å². The van der Waals surface area contributed by atoms with Gasteiger partial charge in [-0.1, -0.05) is 0 Å². The second-order valence-electron chi connectivity index (χ2n) is 4.32. The molecule has 0 aliphatic heterocycles. The Morgan fingerprint density at radius 3 is 3.00 bits per heavy atom. The Balaban J connectivity index is 1.94. The van der Waals surface area contributed by atoms with Crippen LogP contribution in [0.3, 0.4) is 0 Å². The van der Waals surface area contributed by atoms with Gasteiger partial charge in [0.2, 0.25) is 0 Å². The van der Waals surface area contributed by atoms with Crippen molar-refractivity contribution < 1.29 is 0 Å². The lowest BCUT2D eigenvalue weighted by Crippen LogP contribution is -2.21. The fraction of sp³-hybridized carbons (Fsp3) is 0.308. The molecule has 0 radical (unpaired) electrons. The van der Waals surface area contributed by atoms with E-state index in [1.54, 1.807) is 23.0 Å². The Morgan fingerprint density at radius 1 is 1.28 bits per heavy atom. The fourth-order valence-electron chi connectivity index (χ4n) is 2.17. The van der Waals surface area contributed by atoms with E-state index in [9.17, 15) is 4.79 Å². The molecule has 0 fully saturated rings. The van der Waals surface area contributed by atoms with Crippen LogP contribution >= 0.6 is 11.3 Å². The number of fused-ring (bicyclic) bond motifs is 1. The number of H-pyrrole nitrogens is 1. The van der Waals surface area contributed by atoms with Gasteiger partial charge in [0.25, 0.3) is 5.56 Å². The van der Waals surface area contributed by atoms with Gasteiger partial charge in [0.15, 0.2) is 0 Å². The topological polar surface area (TPSA) is 58.6 Å². The summed E-state index contributed by atoms with van der Waals surface area (Å²) in [6, 6.07) is 0. The molecule has 2 aromatic heterocycles. The van der Waals surface area contributed by atoms with Crippen LogP contribution in [0.15, 0.2) is 16.5 Å². The monoisotopic (exact) mass is 259 g/mol. The molecule has 1 aliphatic rings. The zero-order valence-electron chi connectivity index (χ0n) is 9.85. The van der Waals surface area contributed by atoms with Gasteiger partial charge in [-0.3, -0.25) is 9.78 Å². The number of aromatic amines is 1. The van der Waals surface area contributed by atoms with Gasteiger partial charge < -0.3 is 4.98 Å². The maximum absolute atomic E-state index is 11.9.